The van der Waals surface area contributed by atoms with Crippen LogP contribution in [0.3, 0.4) is 0 Å². The number of ketones is 1. The Bertz CT molecular complexity index is 430. The van der Waals surface area contributed by atoms with E-state index in [2.05, 4.69) is 31.4 Å². The molecule has 0 amide bonds. The third-order valence-corrected chi connectivity index (χ3v) is 4.04. The van der Waals surface area contributed by atoms with Gasteiger partial charge in [0.25, 0.3) is 0 Å². The van der Waals surface area contributed by atoms with Crippen LogP contribution in [0.15, 0.2) is 30.3 Å². The van der Waals surface area contributed by atoms with E-state index in [9.17, 15) is 4.79 Å². The second kappa shape index (κ2) is 7.00. The van der Waals surface area contributed by atoms with Crippen LogP contribution in [-0.4, -0.2) is 30.5 Å². The van der Waals surface area contributed by atoms with Crippen molar-refractivity contribution in [2.75, 3.05) is 6.54 Å². The zero-order chi connectivity index (χ0) is 14.5. The van der Waals surface area contributed by atoms with Gasteiger partial charge in [-0.05, 0) is 17.9 Å². The van der Waals surface area contributed by atoms with E-state index < -0.39 is 0 Å². The average Bonchev–Trinajstić information content (AvgIpc) is 3.18. The van der Waals surface area contributed by atoms with Crippen LogP contribution in [0.1, 0.15) is 32.8 Å². The zero-order valence-corrected chi connectivity index (χ0v) is 12.7. The number of carbonyl (C=O) groups excluding carboxylic acids is 1. The molecule has 2 rings (SSSR count). The molecule has 110 valence electrons. The fourth-order valence-electron chi connectivity index (χ4n) is 2.71. The third-order valence-electron chi connectivity index (χ3n) is 4.04. The summed E-state index contributed by atoms with van der Waals surface area (Å²) in [7, 11) is 0. The Morgan fingerprint density at radius 3 is 2.50 bits per heavy atom. The Labute approximate surface area is 122 Å². The highest BCUT2D eigenvalue weighted by Gasteiger charge is 2.35. The Hall–Kier alpha value is -1.19. The molecule has 1 aromatic carbocycles. The van der Waals surface area contributed by atoms with Crippen LogP contribution in [-0.2, 0) is 11.2 Å². The fourth-order valence-corrected chi connectivity index (χ4v) is 2.71. The van der Waals surface area contributed by atoms with E-state index in [-0.39, 0.29) is 6.04 Å². The SMILES string of the molecule is CC[C@@H]1N[C@@H]1CN[C@@H](C(=O)Cc1ccccc1)C(C)C. The fraction of sp³-hybridized carbons (Fsp3) is 0.588. The molecule has 1 fully saturated rings. The summed E-state index contributed by atoms with van der Waals surface area (Å²) in [6, 6.07) is 11.1. The summed E-state index contributed by atoms with van der Waals surface area (Å²) in [5.41, 5.74) is 1.10. The molecule has 0 unspecified atom stereocenters. The van der Waals surface area contributed by atoms with Crippen LogP contribution in [0.25, 0.3) is 0 Å². The van der Waals surface area contributed by atoms with Crippen molar-refractivity contribution < 1.29 is 4.79 Å². The summed E-state index contributed by atoms with van der Waals surface area (Å²) in [6.07, 6.45) is 1.68. The minimum atomic E-state index is -0.0462. The quantitative estimate of drug-likeness (QED) is 0.714. The summed E-state index contributed by atoms with van der Waals surface area (Å²) in [4.78, 5) is 12.5. The largest absolute Gasteiger partial charge is 0.307 e. The summed E-state index contributed by atoms with van der Waals surface area (Å²) in [5, 5.41) is 6.88. The lowest BCUT2D eigenvalue weighted by atomic mass is 9.95. The molecular formula is C17H26N2O. The highest BCUT2D eigenvalue weighted by atomic mass is 16.1. The van der Waals surface area contributed by atoms with Crippen molar-refractivity contribution in [1.29, 1.82) is 0 Å². The molecule has 0 aromatic heterocycles. The summed E-state index contributed by atoms with van der Waals surface area (Å²) < 4.78 is 0. The van der Waals surface area contributed by atoms with E-state index in [1.165, 1.54) is 0 Å². The molecule has 1 aliphatic heterocycles. The van der Waals surface area contributed by atoms with Crippen LogP contribution in [0.4, 0.5) is 0 Å². The van der Waals surface area contributed by atoms with Crippen molar-refractivity contribution in [2.45, 2.75) is 51.7 Å². The van der Waals surface area contributed by atoms with Gasteiger partial charge in [0.05, 0.1) is 6.04 Å². The Balaban J connectivity index is 1.86. The predicted octanol–water partition coefficient (Wildman–Crippen LogP) is 2.16. The molecule has 1 aromatic rings. The maximum atomic E-state index is 12.5. The van der Waals surface area contributed by atoms with E-state index in [1.807, 2.05) is 30.3 Å². The van der Waals surface area contributed by atoms with E-state index >= 15 is 0 Å². The van der Waals surface area contributed by atoms with Gasteiger partial charge in [0, 0.05) is 25.0 Å². The van der Waals surface area contributed by atoms with Crippen LogP contribution in [0.5, 0.6) is 0 Å². The third kappa shape index (κ3) is 4.15. The number of benzene rings is 1. The lowest BCUT2D eigenvalue weighted by Crippen LogP contribution is -2.44. The average molecular weight is 274 g/mol. The molecular weight excluding hydrogens is 248 g/mol. The molecule has 20 heavy (non-hydrogen) atoms. The maximum Gasteiger partial charge on any atom is 0.154 e. The van der Waals surface area contributed by atoms with Crippen LogP contribution in [0.2, 0.25) is 0 Å². The smallest absolute Gasteiger partial charge is 0.154 e. The van der Waals surface area contributed by atoms with Gasteiger partial charge in [0.1, 0.15) is 0 Å². The van der Waals surface area contributed by atoms with Gasteiger partial charge in [-0.25, -0.2) is 0 Å². The summed E-state index contributed by atoms with van der Waals surface area (Å²) in [6.45, 7) is 7.30. The number of rotatable bonds is 8. The topological polar surface area (TPSA) is 51.0 Å². The molecule has 1 saturated heterocycles. The molecule has 0 radical (unpaired) electrons. The molecule has 3 atom stereocenters. The maximum absolute atomic E-state index is 12.5. The molecule has 0 bridgehead atoms. The number of hydrogen-bond donors (Lipinski definition) is 2. The van der Waals surface area contributed by atoms with Crippen LogP contribution < -0.4 is 10.6 Å². The Kier molecular flexibility index (Phi) is 5.32. The number of Topliss-reactive ketones (excluding diaryl/α,β-unsaturated/α-hetero) is 1. The minimum Gasteiger partial charge on any atom is -0.307 e. The second-order valence-corrected chi connectivity index (χ2v) is 6.05. The predicted molar refractivity (Wildman–Crippen MR) is 82.8 cm³/mol. The first-order valence-electron chi connectivity index (χ1n) is 7.68. The first-order chi connectivity index (χ1) is 9.61. The molecule has 0 saturated carbocycles. The molecule has 1 aliphatic rings. The van der Waals surface area contributed by atoms with Gasteiger partial charge in [-0.15, -0.1) is 0 Å². The second-order valence-electron chi connectivity index (χ2n) is 6.05. The Morgan fingerprint density at radius 2 is 1.95 bits per heavy atom. The van der Waals surface area contributed by atoms with Gasteiger partial charge >= 0.3 is 0 Å². The van der Waals surface area contributed by atoms with E-state index in [0.717, 1.165) is 18.5 Å². The first-order valence-corrected chi connectivity index (χ1v) is 7.68. The number of nitrogens with one attached hydrogen (secondary N) is 2. The molecule has 3 heteroatoms. The molecule has 0 spiro atoms. The van der Waals surface area contributed by atoms with Crippen molar-refractivity contribution in [3.8, 4) is 0 Å². The Morgan fingerprint density at radius 1 is 1.25 bits per heavy atom. The highest BCUT2D eigenvalue weighted by molar-refractivity contribution is 5.86. The number of hydrogen-bond acceptors (Lipinski definition) is 3. The van der Waals surface area contributed by atoms with Crippen molar-refractivity contribution in [1.82, 2.24) is 10.6 Å². The van der Waals surface area contributed by atoms with Gasteiger partial charge in [0.2, 0.25) is 0 Å². The zero-order valence-electron chi connectivity index (χ0n) is 12.7. The van der Waals surface area contributed by atoms with Crippen molar-refractivity contribution in [2.24, 2.45) is 5.92 Å². The molecule has 0 aliphatic carbocycles. The van der Waals surface area contributed by atoms with Gasteiger partial charge < -0.3 is 10.6 Å². The summed E-state index contributed by atoms with van der Waals surface area (Å²) in [5.74, 6) is 0.616. The van der Waals surface area contributed by atoms with E-state index in [0.29, 0.717) is 30.2 Å². The molecule has 1 heterocycles. The lowest BCUT2D eigenvalue weighted by molar-refractivity contribution is -0.121. The van der Waals surface area contributed by atoms with Crippen molar-refractivity contribution >= 4 is 5.78 Å². The van der Waals surface area contributed by atoms with Crippen LogP contribution >= 0.6 is 0 Å². The monoisotopic (exact) mass is 274 g/mol. The standard InChI is InChI=1S/C17H26N2O/c1-4-14-15(19-14)11-18-17(12(2)3)16(20)10-13-8-6-5-7-9-13/h5-9,12,14-15,17-19H,4,10-11H2,1-3H3/t14-,15+,17+/m0/s1. The first kappa shape index (κ1) is 15.2. The van der Waals surface area contributed by atoms with Gasteiger partial charge in [0.15, 0.2) is 5.78 Å². The van der Waals surface area contributed by atoms with Gasteiger partial charge in [-0.2, -0.15) is 0 Å². The lowest BCUT2D eigenvalue weighted by Gasteiger charge is -2.21. The molecule has 2 N–H and O–H groups in total. The van der Waals surface area contributed by atoms with Crippen molar-refractivity contribution in [3.05, 3.63) is 35.9 Å². The van der Waals surface area contributed by atoms with Gasteiger partial charge in [-0.1, -0.05) is 51.1 Å². The van der Waals surface area contributed by atoms with Crippen LogP contribution in [0, 0.1) is 5.92 Å². The normalized spacial score (nSPS) is 22.8. The summed E-state index contributed by atoms with van der Waals surface area (Å²) >= 11 is 0. The van der Waals surface area contributed by atoms with Crippen molar-refractivity contribution in [3.63, 3.8) is 0 Å². The molecule has 3 nitrogen and oxygen atoms in total. The number of carbonyl (C=O) groups is 1. The highest BCUT2D eigenvalue weighted by Crippen LogP contribution is 2.14. The van der Waals surface area contributed by atoms with Gasteiger partial charge in [-0.3, -0.25) is 4.79 Å². The minimum absolute atomic E-state index is 0.0462. The van der Waals surface area contributed by atoms with E-state index in [4.69, 9.17) is 0 Å². The van der Waals surface area contributed by atoms with E-state index in [1.54, 1.807) is 0 Å².